The molecular formula is C24H34N3O8S-. The van der Waals surface area contributed by atoms with Crippen LogP contribution in [0.4, 0.5) is 5.69 Å². The molecule has 2 rings (SSSR count). The summed E-state index contributed by atoms with van der Waals surface area (Å²) in [5.41, 5.74) is -1.21. The number of non-ortho nitro benzene ring substituents is 1. The number of nitrogens with zero attached hydrogens (tertiary/aromatic N) is 1. The molecule has 1 aromatic rings. The molecule has 4 atom stereocenters. The molecule has 12 heteroatoms. The number of allylic oxidation sites excluding steroid dienone is 2. The zero-order valence-electron chi connectivity index (χ0n) is 21.4. The van der Waals surface area contributed by atoms with E-state index in [0.29, 0.717) is 13.0 Å². The minimum atomic E-state index is -4.03. The van der Waals surface area contributed by atoms with Crippen LogP contribution in [0.5, 0.6) is 0 Å². The maximum Gasteiger partial charge on any atom is 0.269 e. The van der Waals surface area contributed by atoms with Gasteiger partial charge in [0, 0.05) is 53.9 Å². The molecule has 0 fully saturated rings. The molecule has 36 heavy (non-hydrogen) atoms. The Morgan fingerprint density at radius 3 is 2.44 bits per heavy atom. The van der Waals surface area contributed by atoms with Gasteiger partial charge in [0.1, 0.15) is 5.75 Å². The molecule has 0 radical (unpaired) electrons. The maximum atomic E-state index is 13.4. The Morgan fingerprint density at radius 2 is 1.92 bits per heavy atom. The van der Waals surface area contributed by atoms with E-state index in [1.807, 2.05) is 6.92 Å². The summed E-state index contributed by atoms with van der Waals surface area (Å²) in [5.74, 6) is -5.89. The highest BCUT2D eigenvalue weighted by Gasteiger charge is 2.51. The second-order valence-corrected chi connectivity index (χ2v) is 11.3. The molecule has 200 valence electrons. The summed E-state index contributed by atoms with van der Waals surface area (Å²) in [7, 11) is -4.03. The number of nitrogens with one attached hydrogen (secondary N) is 2. The van der Waals surface area contributed by atoms with Crippen molar-refractivity contribution in [1.29, 1.82) is 0 Å². The van der Waals surface area contributed by atoms with Gasteiger partial charge in [-0.15, -0.1) is 0 Å². The monoisotopic (exact) mass is 524 g/mol. The van der Waals surface area contributed by atoms with Gasteiger partial charge in [0.2, 0.25) is 10.0 Å². The van der Waals surface area contributed by atoms with Gasteiger partial charge in [-0.25, -0.2) is 13.1 Å². The lowest BCUT2D eigenvalue weighted by molar-refractivity contribution is -0.385. The highest BCUT2D eigenvalue weighted by molar-refractivity contribution is 7.90. The maximum absolute atomic E-state index is 13.4. The summed E-state index contributed by atoms with van der Waals surface area (Å²) >= 11 is 0. The Morgan fingerprint density at radius 1 is 1.28 bits per heavy atom. The Kier molecular flexibility index (Phi) is 9.38. The molecule has 0 aliphatic carbocycles. The quantitative estimate of drug-likeness (QED) is 0.303. The first-order valence-electron chi connectivity index (χ1n) is 11.7. The lowest BCUT2D eigenvalue weighted by Gasteiger charge is -2.51. The molecule has 2 N–H and O–H groups in total. The van der Waals surface area contributed by atoms with Gasteiger partial charge in [0.05, 0.1) is 16.6 Å². The fourth-order valence-corrected chi connectivity index (χ4v) is 6.03. The number of hydrogen-bond donors (Lipinski definition) is 2. The molecular weight excluding hydrogens is 490 g/mol. The summed E-state index contributed by atoms with van der Waals surface area (Å²) in [6, 6.07) is 4.87. The molecule has 0 amide bonds. The van der Waals surface area contributed by atoms with Crippen LogP contribution in [0.25, 0.3) is 0 Å². The summed E-state index contributed by atoms with van der Waals surface area (Å²) in [6.45, 7) is 10.3. The fourth-order valence-electron chi connectivity index (χ4n) is 4.72. The first-order valence-corrected chi connectivity index (χ1v) is 13.4. The Hall–Kier alpha value is -2.83. The Balaban J connectivity index is 2.76. The van der Waals surface area contributed by atoms with Crippen molar-refractivity contribution in [1.82, 2.24) is 10.0 Å². The minimum Gasteiger partial charge on any atom is -0.550 e. The smallest absolute Gasteiger partial charge is 0.269 e. The number of hydrogen-bond acceptors (Lipinski definition) is 9. The minimum absolute atomic E-state index is 0.0843. The Labute approximate surface area is 211 Å². The summed E-state index contributed by atoms with van der Waals surface area (Å²) in [5, 5.41) is 27.2. The van der Waals surface area contributed by atoms with E-state index in [1.54, 1.807) is 34.6 Å². The highest BCUT2D eigenvalue weighted by Crippen LogP contribution is 2.46. The van der Waals surface area contributed by atoms with Gasteiger partial charge in [-0.05, 0) is 46.6 Å². The number of carbonyl (C=O) groups excluding carboxylic acids is 2. The molecule has 0 aromatic heterocycles. The molecule has 1 aliphatic rings. The predicted molar refractivity (Wildman–Crippen MR) is 131 cm³/mol. The van der Waals surface area contributed by atoms with Gasteiger partial charge in [-0.3, -0.25) is 14.9 Å². The van der Waals surface area contributed by atoms with Crippen molar-refractivity contribution in [2.45, 2.75) is 71.6 Å². The zero-order valence-corrected chi connectivity index (χ0v) is 22.2. The van der Waals surface area contributed by atoms with Crippen LogP contribution >= 0.6 is 0 Å². The van der Waals surface area contributed by atoms with Crippen LogP contribution in [0.2, 0.25) is 0 Å². The van der Waals surface area contributed by atoms with E-state index in [0.717, 1.165) is 0 Å². The van der Waals surface area contributed by atoms with Crippen molar-refractivity contribution in [3.05, 3.63) is 51.2 Å². The van der Waals surface area contributed by atoms with Gasteiger partial charge in [0.15, 0.2) is 5.78 Å². The van der Waals surface area contributed by atoms with Crippen molar-refractivity contribution in [3.8, 4) is 0 Å². The molecule has 0 saturated carbocycles. The molecule has 1 heterocycles. The second kappa shape index (κ2) is 11.5. The van der Waals surface area contributed by atoms with E-state index in [1.165, 1.54) is 24.3 Å². The van der Waals surface area contributed by atoms with Gasteiger partial charge in [0.25, 0.3) is 5.69 Å². The van der Waals surface area contributed by atoms with Crippen molar-refractivity contribution < 1.29 is 32.8 Å². The van der Waals surface area contributed by atoms with Crippen LogP contribution in [0.3, 0.4) is 0 Å². The van der Waals surface area contributed by atoms with E-state index in [-0.39, 0.29) is 22.5 Å². The average Bonchev–Trinajstić information content (AvgIpc) is 2.75. The van der Waals surface area contributed by atoms with Crippen LogP contribution in [0.1, 0.15) is 59.4 Å². The van der Waals surface area contributed by atoms with Crippen LogP contribution in [-0.2, 0) is 24.3 Å². The molecule has 0 spiro atoms. The van der Waals surface area contributed by atoms with Crippen LogP contribution in [0.15, 0.2) is 35.5 Å². The topological polar surface area (TPSA) is 168 Å². The zero-order chi connectivity index (χ0) is 27.4. The highest BCUT2D eigenvalue weighted by atomic mass is 32.2. The number of carbonyl (C=O) groups is 2. The summed E-state index contributed by atoms with van der Waals surface area (Å²) < 4.78 is 33.3. The first-order chi connectivity index (χ1) is 16.6. The van der Waals surface area contributed by atoms with Crippen molar-refractivity contribution in [3.63, 3.8) is 0 Å². The number of carboxylic acids is 1. The third kappa shape index (κ3) is 6.48. The lowest BCUT2D eigenvalue weighted by atomic mass is 9.65. The summed E-state index contributed by atoms with van der Waals surface area (Å²) in [4.78, 5) is 36.9. The fraction of sp³-hybridized carbons (Fsp3) is 0.583. The van der Waals surface area contributed by atoms with Crippen LogP contribution in [0, 0.1) is 16.0 Å². The number of ketones is 1. The van der Waals surface area contributed by atoms with Gasteiger partial charge < -0.3 is 20.0 Å². The van der Waals surface area contributed by atoms with E-state index in [2.05, 4.69) is 10.0 Å². The third-order valence-electron chi connectivity index (χ3n) is 6.30. The number of Topliss-reactive ketones (excluding diaryl/α,β-unsaturated/α-hetero) is 1. The Bertz CT molecular complexity index is 1150. The SMILES string of the molecule is CCCOC(C)C1(C)NC(C)=C(C(=O)CS(=O)(=O)NC(C)C)C(c2cccc([N+](=O)[O-])c2)C1C(=O)[O-]. The first kappa shape index (κ1) is 29.4. The number of sulfonamides is 1. The van der Waals surface area contributed by atoms with E-state index in [9.17, 15) is 33.2 Å². The van der Waals surface area contributed by atoms with Crippen molar-refractivity contribution >= 4 is 27.5 Å². The number of rotatable bonds is 12. The van der Waals surface area contributed by atoms with E-state index >= 15 is 0 Å². The number of aliphatic carboxylic acids is 1. The lowest BCUT2D eigenvalue weighted by Crippen LogP contribution is -2.65. The second-order valence-electron chi connectivity index (χ2n) is 9.54. The predicted octanol–water partition coefficient (Wildman–Crippen LogP) is 1.39. The van der Waals surface area contributed by atoms with Gasteiger partial charge in [-0.2, -0.15) is 0 Å². The van der Waals surface area contributed by atoms with Crippen molar-refractivity contribution in [2.75, 3.05) is 12.4 Å². The third-order valence-corrected chi connectivity index (χ3v) is 7.77. The standard InChI is InChI=1S/C24H35N3O8S/c1-7-11-35-16(5)24(6)22(23(29)30)21(17-9-8-10-18(12-17)27(31)32)20(15(4)25-24)19(28)13-36(33,34)26-14(2)3/h8-10,12,14,16,21-22,25-26H,7,11,13H2,1-6H3,(H,29,30)/p-1. The van der Waals surface area contributed by atoms with Gasteiger partial charge in [-0.1, -0.05) is 19.1 Å². The van der Waals surface area contributed by atoms with Crippen LogP contribution < -0.4 is 15.1 Å². The van der Waals surface area contributed by atoms with Gasteiger partial charge >= 0.3 is 0 Å². The number of ether oxygens (including phenoxy) is 1. The number of nitro benzene ring substituents is 1. The number of nitro groups is 1. The van der Waals surface area contributed by atoms with E-state index < -0.39 is 62.0 Å². The molecule has 1 aliphatic heterocycles. The molecule has 11 nitrogen and oxygen atoms in total. The summed E-state index contributed by atoms with van der Waals surface area (Å²) in [6.07, 6.45) is 0.0174. The largest absolute Gasteiger partial charge is 0.550 e. The molecule has 4 unspecified atom stereocenters. The van der Waals surface area contributed by atoms with Crippen LogP contribution in [-0.4, -0.2) is 55.1 Å². The molecule has 1 aromatic carbocycles. The molecule has 0 bridgehead atoms. The van der Waals surface area contributed by atoms with E-state index in [4.69, 9.17) is 4.74 Å². The van der Waals surface area contributed by atoms with Crippen molar-refractivity contribution in [2.24, 2.45) is 5.92 Å². The normalized spacial score (nSPS) is 23.3. The number of benzene rings is 1. The number of carboxylic acid groups (broad SMARTS) is 1. The average molecular weight is 525 g/mol. The molecule has 0 saturated heterocycles.